The monoisotopic (exact) mass is 206 g/mol. The average Bonchev–Trinajstić information content (AvgIpc) is 2.72. The second kappa shape index (κ2) is 4.29. The predicted octanol–water partition coefficient (Wildman–Crippen LogP) is 0.294. The summed E-state index contributed by atoms with van der Waals surface area (Å²) in [5.41, 5.74) is 8.15. The Morgan fingerprint density at radius 1 is 1.53 bits per heavy atom. The molecule has 2 rings (SSSR count). The molecule has 0 amide bonds. The van der Waals surface area contributed by atoms with Crippen LogP contribution in [0.25, 0.3) is 11.0 Å². The normalized spacial score (nSPS) is 12.9. The van der Waals surface area contributed by atoms with Crippen molar-refractivity contribution in [3.05, 3.63) is 24.5 Å². The molecule has 0 fully saturated rings. The van der Waals surface area contributed by atoms with Gasteiger partial charge in [0.15, 0.2) is 0 Å². The van der Waals surface area contributed by atoms with Gasteiger partial charge in [0.25, 0.3) is 0 Å². The summed E-state index contributed by atoms with van der Waals surface area (Å²) in [5.74, 6) is 0. The first-order chi connectivity index (χ1) is 7.29. The Labute approximate surface area is 87.3 Å². The highest BCUT2D eigenvalue weighted by Crippen LogP contribution is 2.15. The van der Waals surface area contributed by atoms with Gasteiger partial charge < -0.3 is 21.1 Å². The maximum absolute atomic E-state index is 9.28. The van der Waals surface area contributed by atoms with E-state index in [9.17, 15) is 5.11 Å². The van der Waals surface area contributed by atoms with Crippen LogP contribution in [0.4, 0.5) is 5.69 Å². The van der Waals surface area contributed by atoms with Crippen molar-refractivity contribution < 1.29 is 5.11 Å². The molecule has 0 radical (unpaired) electrons. The van der Waals surface area contributed by atoms with Gasteiger partial charge in [-0.1, -0.05) is 0 Å². The number of hydrogen-bond donors (Lipinski definition) is 4. The van der Waals surface area contributed by atoms with E-state index in [1.165, 1.54) is 0 Å². The average molecular weight is 206 g/mol. The van der Waals surface area contributed by atoms with Gasteiger partial charge in [-0.3, -0.25) is 0 Å². The number of aromatic nitrogens is 2. The first-order valence-electron chi connectivity index (χ1n) is 4.85. The number of nitrogens with zero attached hydrogens (tertiary/aromatic N) is 1. The fourth-order valence-corrected chi connectivity index (χ4v) is 1.36. The largest absolute Gasteiger partial charge is 0.390 e. The van der Waals surface area contributed by atoms with Crippen molar-refractivity contribution in [1.29, 1.82) is 0 Å². The van der Waals surface area contributed by atoms with Crippen LogP contribution in [0.1, 0.15) is 0 Å². The molecule has 0 saturated carbocycles. The quantitative estimate of drug-likeness (QED) is 0.579. The molecule has 0 aliphatic heterocycles. The van der Waals surface area contributed by atoms with Crippen molar-refractivity contribution >= 4 is 16.7 Å². The van der Waals surface area contributed by atoms with Gasteiger partial charge in [0, 0.05) is 18.8 Å². The number of aliphatic hydroxyl groups excluding tert-OH is 1. The number of anilines is 1. The smallest absolute Gasteiger partial charge is 0.0931 e. The Balaban J connectivity index is 2.08. The lowest BCUT2D eigenvalue weighted by Gasteiger charge is -2.10. The lowest BCUT2D eigenvalue weighted by Crippen LogP contribution is -2.27. The fraction of sp³-hybridized carbons (Fsp3) is 0.300. The number of aliphatic hydroxyl groups is 1. The van der Waals surface area contributed by atoms with Crippen molar-refractivity contribution in [2.45, 2.75) is 6.10 Å². The first kappa shape index (κ1) is 9.95. The van der Waals surface area contributed by atoms with Gasteiger partial charge in [0.1, 0.15) is 0 Å². The zero-order valence-corrected chi connectivity index (χ0v) is 8.27. The highest BCUT2D eigenvalue weighted by atomic mass is 16.3. The summed E-state index contributed by atoms with van der Waals surface area (Å²) >= 11 is 0. The number of aromatic amines is 1. The summed E-state index contributed by atoms with van der Waals surface area (Å²) in [6, 6.07) is 5.79. The van der Waals surface area contributed by atoms with Crippen molar-refractivity contribution in [3.8, 4) is 0 Å². The SMILES string of the molecule is NCC(O)CNc1ccc2nc[nH]c2c1. The van der Waals surface area contributed by atoms with Crippen molar-refractivity contribution in [3.63, 3.8) is 0 Å². The minimum absolute atomic E-state index is 0.263. The minimum Gasteiger partial charge on any atom is -0.390 e. The molecular formula is C10H14N4O. The summed E-state index contributed by atoms with van der Waals surface area (Å²) in [5, 5.41) is 12.4. The standard InChI is InChI=1S/C10H14N4O/c11-4-8(15)5-12-7-1-2-9-10(3-7)14-6-13-9/h1-3,6,8,12,15H,4-5,11H2,(H,13,14). The van der Waals surface area contributed by atoms with Gasteiger partial charge in [-0.15, -0.1) is 0 Å². The van der Waals surface area contributed by atoms with Gasteiger partial charge in [-0.25, -0.2) is 4.98 Å². The van der Waals surface area contributed by atoms with Gasteiger partial charge in [0.05, 0.1) is 23.5 Å². The van der Waals surface area contributed by atoms with E-state index in [1.54, 1.807) is 6.33 Å². The van der Waals surface area contributed by atoms with Crippen LogP contribution in [0.15, 0.2) is 24.5 Å². The maximum atomic E-state index is 9.28. The molecule has 0 saturated heterocycles. The van der Waals surface area contributed by atoms with Gasteiger partial charge in [-0.2, -0.15) is 0 Å². The summed E-state index contributed by atoms with van der Waals surface area (Å²) in [4.78, 5) is 7.14. The Morgan fingerprint density at radius 3 is 3.20 bits per heavy atom. The number of imidazole rings is 1. The molecule has 5 N–H and O–H groups in total. The zero-order chi connectivity index (χ0) is 10.7. The first-order valence-corrected chi connectivity index (χ1v) is 4.85. The van der Waals surface area contributed by atoms with E-state index in [-0.39, 0.29) is 6.54 Å². The molecule has 0 aliphatic rings. The van der Waals surface area contributed by atoms with Crippen LogP contribution < -0.4 is 11.1 Å². The van der Waals surface area contributed by atoms with Crippen LogP contribution in [-0.4, -0.2) is 34.3 Å². The van der Waals surface area contributed by atoms with E-state index in [0.29, 0.717) is 6.54 Å². The van der Waals surface area contributed by atoms with Crippen LogP contribution in [0.3, 0.4) is 0 Å². The molecule has 1 aromatic carbocycles. The van der Waals surface area contributed by atoms with Crippen molar-refractivity contribution in [1.82, 2.24) is 9.97 Å². The van der Waals surface area contributed by atoms with E-state index < -0.39 is 6.10 Å². The number of H-pyrrole nitrogens is 1. The van der Waals surface area contributed by atoms with Gasteiger partial charge >= 0.3 is 0 Å². The maximum Gasteiger partial charge on any atom is 0.0931 e. The van der Waals surface area contributed by atoms with Crippen molar-refractivity contribution in [2.24, 2.45) is 5.73 Å². The van der Waals surface area contributed by atoms with Crippen LogP contribution in [-0.2, 0) is 0 Å². The number of benzene rings is 1. The van der Waals surface area contributed by atoms with Gasteiger partial charge in [0.2, 0.25) is 0 Å². The van der Waals surface area contributed by atoms with E-state index in [1.807, 2.05) is 18.2 Å². The van der Waals surface area contributed by atoms with Crippen LogP contribution in [0, 0.1) is 0 Å². The van der Waals surface area contributed by atoms with E-state index in [2.05, 4.69) is 15.3 Å². The summed E-state index contributed by atoms with van der Waals surface area (Å²) in [6.07, 6.45) is 1.14. The number of hydrogen-bond acceptors (Lipinski definition) is 4. The summed E-state index contributed by atoms with van der Waals surface area (Å²) in [7, 11) is 0. The van der Waals surface area contributed by atoms with E-state index >= 15 is 0 Å². The third kappa shape index (κ3) is 2.26. The second-order valence-corrected chi connectivity index (χ2v) is 3.40. The number of rotatable bonds is 4. The number of nitrogens with one attached hydrogen (secondary N) is 2. The highest BCUT2D eigenvalue weighted by molar-refractivity contribution is 5.78. The zero-order valence-electron chi connectivity index (χ0n) is 8.27. The molecule has 0 aliphatic carbocycles. The third-order valence-electron chi connectivity index (χ3n) is 2.23. The molecule has 0 spiro atoms. The molecule has 1 atom stereocenters. The minimum atomic E-state index is -0.512. The highest BCUT2D eigenvalue weighted by Gasteiger charge is 2.01. The molecule has 2 aromatic rings. The van der Waals surface area contributed by atoms with E-state index in [4.69, 9.17) is 5.73 Å². The molecule has 5 heteroatoms. The third-order valence-corrected chi connectivity index (χ3v) is 2.23. The Kier molecular flexibility index (Phi) is 2.84. The van der Waals surface area contributed by atoms with Crippen LogP contribution in [0.5, 0.6) is 0 Å². The molecule has 1 heterocycles. The number of fused-ring (bicyclic) bond motifs is 1. The lowest BCUT2D eigenvalue weighted by molar-refractivity contribution is 0.196. The van der Waals surface area contributed by atoms with Crippen molar-refractivity contribution in [2.75, 3.05) is 18.4 Å². The van der Waals surface area contributed by atoms with Crippen LogP contribution in [0.2, 0.25) is 0 Å². The molecule has 0 bridgehead atoms. The topological polar surface area (TPSA) is 87.0 Å². The predicted molar refractivity (Wildman–Crippen MR) is 59.6 cm³/mol. The van der Waals surface area contributed by atoms with Crippen LogP contribution >= 0.6 is 0 Å². The second-order valence-electron chi connectivity index (χ2n) is 3.40. The lowest BCUT2D eigenvalue weighted by atomic mass is 10.2. The summed E-state index contributed by atoms with van der Waals surface area (Å²) in [6.45, 7) is 0.718. The summed E-state index contributed by atoms with van der Waals surface area (Å²) < 4.78 is 0. The molecule has 15 heavy (non-hydrogen) atoms. The molecule has 5 nitrogen and oxygen atoms in total. The van der Waals surface area contributed by atoms with Gasteiger partial charge in [-0.05, 0) is 18.2 Å². The molecular weight excluding hydrogens is 192 g/mol. The Bertz CT molecular complexity index is 440. The molecule has 1 aromatic heterocycles. The fourth-order valence-electron chi connectivity index (χ4n) is 1.36. The Hall–Kier alpha value is -1.59. The number of nitrogens with two attached hydrogens (primary N) is 1. The Morgan fingerprint density at radius 2 is 2.40 bits per heavy atom. The van der Waals surface area contributed by atoms with E-state index in [0.717, 1.165) is 16.7 Å². The molecule has 80 valence electrons. The molecule has 1 unspecified atom stereocenters.